The summed E-state index contributed by atoms with van der Waals surface area (Å²) in [6.45, 7) is 0. The minimum Gasteiger partial charge on any atom is -0.289 e. The Hall–Kier alpha value is -1.07. The van der Waals surface area contributed by atoms with Gasteiger partial charge in [-0.25, -0.2) is 0 Å². The van der Waals surface area contributed by atoms with Gasteiger partial charge in [-0.15, -0.1) is 0 Å². The third-order valence-electron chi connectivity index (χ3n) is 1.94. The standard InChI is InChI=1S/C11H6Cl2F4O/c12-10(14,15)9(11(13,16)17)6-8(18)7-4-2-1-3-5-7/h1-6H. The molecular formula is C11H6Cl2F4O. The average molecular weight is 301 g/mol. The third-order valence-corrected chi connectivity index (χ3v) is 2.35. The highest BCUT2D eigenvalue weighted by molar-refractivity contribution is 6.29. The second-order valence-corrected chi connectivity index (χ2v) is 4.23. The molecule has 0 fully saturated rings. The number of benzene rings is 1. The molecule has 0 aliphatic heterocycles. The zero-order valence-corrected chi connectivity index (χ0v) is 10.2. The van der Waals surface area contributed by atoms with E-state index in [-0.39, 0.29) is 11.6 Å². The van der Waals surface area contributed by atoms with Crippen molar-refractivity contribution in [3.8, 4) is 0 Å². The van der Waals surface area contributed by atoms with Crippen molar-refractivity contribution in [2.75, 3.05) is 0 Å². The van der Waals surface area contributed by atoms with E-state index in [9.17, 15) is 22.4 Å². The molecule has 0 aliphatic carbocycles. The van der Waals surface area contributed by atoms with Gasteiger partial charge >= 0.3 is 10.8 Å². The number of hydrogen-bond donors (Lipinski definition) is 0. The summed E-state index contributed by atoms with van der Waals surface area (Å²) in [4.78, 5) is 11.5. The van der Waals surface area contributed by atoms with Crippen molar-refractivity contribution >= 4 is 29.0 Å². The Labute approximate surface area is 110 Å². The number of allylic oxidation sites excluding steroid dienone is 2. The van der Waals surface area contributed by atoms with E-state index in [2.05, 4.69) is 23.2 Å². The van der Waals surface area contributed by atoms with Crippen molar-refractivity contribution in [1.29, 1.82) is 0 Å². The van der Waals surface area contributed by atoms with E-state index in [1.807, 2.05) is 0 Å². The maximum atomic E-state index is 12.7. The largest absolute Gasteiger partial charge is 0.351 e. The molecule has 7 heteroatoms. The van der Waals surface area contributed by atoms with Crippen LogP contribution in [0.2, 0.25) is 0 Å². The Morgan fingerprint density at radius 3 is 1.83 bits per heavy atom. The van der Waals surface area contributed by atoms with Crippen LogP contribution >= 0.6 is 23.2 Å². The first-order valence-corrected chi connectivity index (χ1v) is 5.33. The normalized spacial score (nSPS) is 12.1. The Morgan fingerprint density at radius 2 is 1.44 bits per heavy atom. The van der Waals surface area contributed by atoms with Crippen molar-refractivity contribution in [2.45, 2.75) is 10.8 Å². The summed E-state index contributed by atoms with van der Waals surface area (Å²) in [7, 11) is 0. The molecule has 0 atom stereocenters. The Balaban J connectivity index is 3.16. The molecule has 1 aromatic rings. The molecule has 0 radical (unpaired) electrons. The van der Waals surface area contributed by atoms with Crippen molar-refractivity contribution < 1.29 is 22.4 Å². The third kappa shape index (κ3) is 3.99. The lowest BCUT2D eigenvalue weighted by Crippen LogP contribution is -2.25. The Kier molecular flexibility index (Phi) is 4.40. The number of carbonyl (C=O) groups is 1. The van der Waals surface area contributed by atoms with Crippen LogP contribution in [0.15, 0.2) is 42.0 Å². The average Bonchev–Trinajstić information content (AvgIpc) is 2.23. The number of alkyl halides is 6. The molecule has 0 spiro atoms. The van der Waals surface area contributed by atoms with Gasteiger partial charge in [-0.1, -0.05) is 30.3 Å². The highest BCUT2D eigenvalue weighted by Crippen LogP contribution is 2.41. The number of carbonyl (C=O) groups excluding carboxylic acids is 1. The summed E-state index contributed by atoms with van der Waals surface area (Å²) >= 11 is 8.99. The van der Waals surface area contributed by atoms with Crippen LogP contribution in [0.1, 0.15) is 10.4 Å². The fourth-order valence-electron chi connectivity index (χ4n) is 1.14. The van der Waals surface area contributed by atoms with Crippen molar-refractivity contribution in [1.82, 2.24) is 0 Å². The first-order chi connectivity index (χ1) is 8.12. The molecule has 1 nitrogen and oxygen atoms in total. The maximum absolute atomic E-state index is 12.7. The maximum Gasteiger partial charge on any atom is 0.351 e. The minimum atomic E-state index is -4.41. The summed E-state index contributed by atoms with van der Waals surface area (Å²) in [5.41, 5.74) is -1.98. The monoisotopic (exact) mass is 300 g/mol. The van der Waals surface area contributed by atoms with Gasteiger partial charge in [-0.2, -0.15) is 17.6 Å². The first-order valence-electron chi connectivity index (χ1n) is 4.58. The minimum absolute atomic E-state index is 0.0307. The fraction of sp³-hybridized carbons (Fsp3) is 0.182. The van der Waals surface area contributed by atoms with E-state index < -0.39 is 22.1 Å². The molecule has 98 valence electrons. The lowest BCUT2D eigenvalue weighted by Gasteiger charge is -2.17. The summed E-state index contributed by atoms with van der Waals surface area (Å²) in [5.74, 6) is -1.04. The van der Waals surface area contributed by atoms with Crippen LogP contribution in [-0.2, 0) is 0 Å². The molecule has 18 heavy (non-hydrogen) atoms. The second-order valence-electron chi connectivity index (χ2n) is 3.28. The van der Waals surface area contributed by atoms with Crippen LogP contribution in [0.3, 0.4) is 0 Å². The Bertz CT molecular complexity index is 444. The highest BCUT2D eigenvalue weighted by Gasteiger charge is 2.47. The van der Waals surface area contributed by atoms with Gasteiger partial charge in [0.15, 0.2) is 5.78 Å². The van der Waals surface area contributed by atoms with Crippen LogP contribution in [0.5, 0.6) is 0 Å². The molecule has 0 unspecified atom stereocenters. The van der Waals surface area contributed by atoms with E-state index in [4.69, 9.17) is 0 Å². The van der Waals surface area contributed by atoms with Crippen LogP contribution in [0.4, 0.5) is 17.6 Å². The number of ketones is 1. The van der Waals surface area contributed by atoms with E-state index in [1.165, 1.54) is 24.3 Å². The quantitative estimate of drug-likeness (QED) is 0.347. The molecule has 0 heterocycles. The topological polar surface area (TPSA) is 17.1 Å². The molecular weight excluding hydrogens is 295 g/mol. The van der Waals surface area contributed by atoms with E-state index in [0.717, 1.165) is 0 Å². The van der Waals surface area contributed by atoms with Crippen molar-refractivity contribution in [2.24, 2.45) is 0 Å². The molecule has 0 N–H and O–H groups in total. The SMILES string of the molecule is O=C(C=C(C(F)(F)Cl)C(F)(F)Cl)c1ccccc1. The van der Waals surface area contributed by atoms with Gasteiger partial charge in [-0.05, 0) is 29.3 Å². The van der Waals surface area contributed by atoms with Crippen LogP contribution in [0, 0.1) is 0 Å². The molecule has 0 aliphatic rings. The fourth-order valence-corrected chi connectivity index (χ4v) is 1.54. The first kappa shape index (κ1) is 15.0. The number of rotatable bonds is 4. The summed E-state index contributed by atoms with van der Waals surface area (Å²) in [6, 6.07) is 7.06. The highest BCUT2D eigenvalue weighted by atomic mass is 35.5. The second kappa shape index (κ2) is 5.28. The lowest BCUT2D eigenvalue weighted by molar-refractivity contribution is 0.0549. The molecule has 0 saturated heterocycles. The zero-order valence-electron chi connectivity index (χ0n) is 8.64. The van der Waals surface area contributed by atoms with Crippen molar-refractivity contribution in [3.05, 3.63) is 47.5 Å². The number of halogens is 6. The predicted molar refractivity (Wildman–Crippen MR) is 60.5 cm³/mol. The van der Waals surface area contributed by atoms with Gasteiger partial charge in [0, 0.05) is 5.56 Å². The van der Waals surface area contributed by atoms with Crippen LogP contribution in [-0.4, -0.2) is 16.5 Å². The molecule has 0 aromatic heterocycles. The van der Waals surface area contributed by atoms with Crippen LogP contribution < -0.4 is 0 Å². The van der Waals surface area contributed by atoms with Gasteiger partial charge < -0.3 is 0 Å². The van der Waals surface area contributed by atoms with E-state index in [1.54, 1.807) is 6.07 Å². The molecule has 1 rings (SSSR count). The van der Waals surface area contributed by atoms with Gasteiger partial charge in [0.05, 0.1) is 0 Å². The summed E-state index contributed by atoms with van der Waals surface area (Å²) in [5, 5.41) is -8.81. The predicted octanol–water partition coefficient (Wildman–Crippen LogP) is 4.46. The summed E-state index contributed by atoms with van der Waals surface area (Å²) in [6.07, 6.45) is 0.0509. The van der Waals surface area contributed by atoms with E-state index in [0.29, 0.717) is 0 Å². The molecule has 0 amide bonds. The summed E-state index contributed by atoms with van der Waals surface area (Å²) < 4.78 is 51.0. The number of hydrogen-bond acceptors (Lipinski definition) is 1. The zero-order chi connectivity index (χ0) is 14.0. The van der Waals surface area contributed by atoms with Gasteiger partial charge in [0.1, 0.15) is 5.57 Å². The Morgan fingerprint density at radius 1 is 1.00 bits per heavy atom. The van der Waals surface area contributed by atoms with Gasteiger partial charge in [0.25, 0.3) is 0 Å². The molecule has 1 aromatic carbocycles. The molecule has 0 bridgehead atoms. The smallest absolute Gasteiger partial charge is 0.289 e. The lowest BCUT2D eigenvalue weighted by atomic mass is 10.1. The van der Waals surface area contributed by atoms with Gasteiger partial charge in [-0.3, -0.25) is 4.79 Å². The molecule has 0 saturated carbocycles. The van der Waals surface area contributed by atoms with Gasteiger partial charge in [0.2, 0.25) is 0 Å². The van der Waals surface area contributed by atoms with Crippen molar-refractivity contribution in [3.63, 3.8) is 0 Å². The van der Waals surface area contributed by atoms with Crippen LogP contribution in [0.25, 0.3) is 0 Å². The van der Waals surface area contributed by atoms with E-state index >= 15 is 0 Å².